The molecule has 0 bridgehead atoms. The van der Waals surface area contributed by atoms with Crippen molar-refractivity contribution < 1.29 is 9.53 Å². The van der Waals surface area contributed by atoms with Gasteiger partial charge in [-0.05, 0) is 12.1 Å². The Morgan fingerprint density at radius 2 is 2.14 bits per heavy atom. The second-order valence-electron chi connectivity index (χ2n) is 5.04. The fourth-order valence-electron chi connectivity index (χ4n) is 1.93. The Morgan fingerprint density at radius 1 is 1.38 bits per heavy atom. The van der Waals surface area contributed by atoms with Gasteiger partial charge in [-0.15, -0.1) is 11.3 Å². The highest BCUT2D eigenvalue weighted by Gasteiger charge is 2.11. The molecule has 0 spiro atoms. The number of methoxy groups -OCH3 is 1. The number of hydrogen-bond donors (Lipinski definition) is 1. The van der Waals surface area contributed by atoms with Crippen LogP contribution in [-0.4, -0.2) is 24.5 Å². The zero-order chi connectivity index (χ0) is 15.2. The van der Waals surface area contributed by atoms with Crippen LogP contribution in [0, 0.1) is 0 Å². The number of ether oxygens (including phenoxy) is 1. The number of nitrogens with zero attached hydrogens (tertiary/aromatic N) is 1. The van der Waals surface area contributed by atoms with Gasteiger partial charge in [-0.3, -0.25) is 4.79 Å². The van der Waals surface area contributed by atoms with Crippen molar-refractivity contribution in [3.8, 4) is 5.75 Å². The highest BCUT2D eigenvalue weighted by Crippen LogP contribution is 2.19. The molecular formula is C16H20N2O2S. The lowest BCUT2D eigenvalue weighted by Crippen LogP contribution is -2.26. The van der Waals surface area contributed by atoms with Gasteiger partial charge in [-0.1, -0.05) is 26.0 Å². The van der Waals surface area contributed by atoms with E-state index in [9.17, 15) is 4.79 Å². The Bertz CT molecular complexity index is 608. The fourth-order valence-corrected chi connectivity index (χ4v) is 2.80. The average Bonchev–Trinajstić information content (AvgIpc) is 2.96. The monoisotopic (exact) mass is 304 g/mol. The van der Waals surface area contributed by atoms with Crippen molar-refractivity contribution >= 4 is 17.2 Å². The van der Waals surface area contributed by atoms with Crippen LogP contribution >= 0.6 is 11.3 Å². The van der Waals surface area contributed by atoms with Gasteiger partial charge in [0.15, 0.2) is 0 Å². The number of amides is 1. The number of benzene rings is 1. The van der Waals surface area contributed by atoms with Gasteiger partial charge in [0.25, 0.3) is 5.91 Å². The topological polar surface area (TPSA) is 51.2 Å². The molecule has 21 heavy (non-hydrogen) atoms. The van der Waals surface area contributed by atoms with E-state index in [2.05, 4.69) is 29.5 Å². The molecule has 1 amide bonds. The van der Waals surface area contributed by atoms with Gasteiger partial charge < -0.3 is 10.1 Å². The molecule has 0 radical (unpaired) electrons. The van der Waals surface area contributed by atoms with Crippen molar-refractivity contribution in [3.05, 3.63) is 45.9 Å². The minimum atomic E-state index is -0.119. The Kier molecular flexibility index (Phi) is 5.33. The second kappa shape index (κ2) is 7.22. The lowest BCUT2D eigenvalue weighted by molar-refractivity contribution is 0.0951. The minimum Gasteiger partial charge on any atom is -0.496 e. The summed E-state index contributed by atoms with van der Waals surface area (Å²) in [5, 5.41) is 6.11. The summed E-state index contributed by atoms with van der Waals surface area (Å²) in [6.45, 7) is 4.83. The summed E-state index contributed by atoms with van der Waals surface area (Å²) in [6.07, 6.45) is 0.740. The van der Waals surface area contributed by atoms with Crippen LogP contribution in [-0.2, 0) is 6.42 Å². The van der Waals surface area contributed by atoms with E-state index in [4.69, 9.17) is 4.74 Å². The lowest BCUT2D eigenvalue weighted by Gasteiger charge is -2.08. The molecule has 1 aromatic heterocycles. The molecule has 0 aliphatic heterocycles. The fraction of sp³-hybridized carbons (Fsp3) is 0.375. The Hall–Kier alpha value is -1.88. The van der Waals surface area contributed by atoms with Crippen LogP contribution in [0.3, 0.4) is 0 Å². The molecule has 5 heteroatoms. The molecule has 0 atom stereocenters. The van der Waals surface area contributed by atoms with E-state index in [1.807, 2.05) is 12.1 Å². The largest absolute Gasteiger partial charge is 0.496 e. The number of thiazole rings is 1. The van der Waals surface area contributed by atoms with Crippen molar-refractivity contribution in [1.82, 2.24) is 10.3 Å². The Morgan fingerprint density at radius 3 is 2.81 bits per heavy atom. The highest BCUT2D eigenvalue weighted by molar-refractivity contribution is 7.09. The van der Waals surface area contributed by atoms with Crippen molar-refractivity contribution in [1.29, 1.82) is 0 Å². The molecule has 0 unspecified atom stereocenters. The molecule has 4 nitrogen and oxygen atoms in total. The van der Waals surface area contributed by atoms with Crippen LogP contribution in [0.4, 0.5) is 0 Å². The van der Waals surface area contributed by atoms with E-state index in [0.717, 1.165) is 17.1 Å². The summed E-state index contributed by atoms with van der Waals surface area (Å²) in [7, 11) is 1.56. The van der Waals surface area contributed by atoms with E-state index in [1.54, 1.807) is 30.6 Å². The van der Waals surface area contributed by atoms with Crippen molar-refractivity contribution in [2.75, 3.05) is 13.7 Å². The first kappa shape index (κ1) is 15.5. The molecule has 0 fully saturated rings. The third-order valence-electron chi connectivity index (χ3n) is 3.08. The van der Waals surface area contributed by atoms with E-state index in [0.29, 0.717) is 23.8 Å². The van der Waals surface area contributed by atoms with Gasteiger partial charge in [-0.25, -0.2) is 4.98 Å². The normalized spacial score (nSPS) is 10.7. The first-order chi connectivity index (χ1) is 10.1. The zero-order valence-electron chi connectivity index (χ0n) is 12.6. The first-order valence-corrected chi connectivity index (χ1v) is 7.85. The van der Waals surface area contributed by atoms with Gasteiger partial charge in [-0.2, -0.15) is 0 Å². The standard InChI is InChI=1S/C16H20N2O2S/c1-11(2)16-18-12(10-21-16)8-9-17-15(19)13-6-4-5-7-14(13)20-3/h4-7,10-11H,8-9H2,1-3H3,(H,17,19). The van der Waals surface area contributed by atoms with Gasteiger partial charge in [0, 0.05) is 24.3 Å². The quantitative estimate of drug-likeness (QED) is 0.891. The summed E-state index contributed by atoms with van der Waals surface area (Å²) in [5.74, 6) is 0.921. The molecule has 0 saturated carbocycles. The Labute approximate surface area is 129 Å². The van der Waals surface area contributed by atoms with Crippen molar-refractivity contribution in [2.45, 2.75) is 26.2 Å². The van der Waals surface area contributed by atoms with Crippen LogP contribution in [0.5, 0.6) is 5.75 Å². The van der Waals surface area contributed by atoms with E-state index < -0.39 is 0 Å². The maximum absolute atomic E-state index is 12.1. The molecule has 1 N–H and O–H groups in total. The Balaban J connectivity index is 1.89. The van der Waals surface area contributed by atoms with Crippen molar-refractivity contribution in [2.24, 2.45) is 0 Å². The van der Waals surface area contributed by atoms with E-state index >= 15 is 0 Å². The zero-order valence-corrected chi connectivity index (χ0v) is 13.4. The maximum Gasteiger partial charge on any atom is 0.255 e. The predicted molar refractivity (Wildman–Crippen MR) is 85.2 cm³/mol. The molecular weight excluding hydrogens is 284 g/mol. The maximum atomic E-state index is 12.1. The smallest absolute Gasteiger partial charge is 0.255 e. The highest BCUT2D eigenvalue weighted by atomic mass is 32.1. The third kappa shape index (κ3) is 4.04. The van der Waals surface area contributed by atoms with Gasteiger partial charge >= 0.3 is 0 Å². The summed E-state index contributed by atoms with van der Waals surface area (Å²) >= 11 is 1.68. The molecule has 0 saturated heterocycles. The van der Waals surface area contributed by atoms with Gasteiger partial charge in [0.2, 0.25) is 0 Å². The second-order valence-corrected chi connectivity index (χ2v) is 5.93. The molecule has 2 aromatic rings. The van der Waals surface area contributed by atoms with E-state index in [1.165, 1.54) is 0 Å². The number of hydrogen-bond acceptors (Lipinski definition) is 4. The number of aromatic nitrogens is 1. The SMILES string of the molecule is COc1ccccc1C(=O)NCCc1csc(C(C)C)n1. The molecule has 0 aliphatic carbocycles. The number of para-hydroxylation sites is 1. The predicted octanol–water partition coefficient (Wildman–Crippen LogP) is 3.25. The van der Waals surface area contributed by atoms with Crippen LogP contribution in [0.1, 0.15) is 40.8 Å². The summed E-state index contributed by atoms with van der Waals surface area (Å²) < 4.78 is 5.19. The van der Waals surface area contributed by atoms with Gasteiger partial charge in [0.1, 0.15) is 5.75 Å². The van der Waals surface area contributed by atoms with Crippen molar-refractivity contribution in [3.63, 3.8) is 0 Å². The molecule has 0 aliphatic rings. The van der Waals surface area contributed by atoms with Crippen LogP contribution in [0.2, 0.25) is 0 Å². The number of nitrogens with one attached hydrogen (secondary N) is 1. The first-order valence-electron chi connectivity index (χ1n) is 6.97. The number of carbonyl (C=O) groups is 1. The summed E-state index contributed by atoms with van der Waals surface area (Å²) in [4.78, 5) is 16.7. The number of carbonyl (C=O) groups excluding carboxylic acids is 1. The molecule has 1 heterocycles. The molecule has 2 rings (SSSR count). The molecule has 112 valence electrons. The molecule has 1 aromatic carbocycles. The van der Waals surface area contributed by atoms with Crippen LogP contribution in [0.25, 0.3) is 0 Å². The van der Waals surface area contributed by atoms with Gasteiger partial charge in [0.05, 0.1) is 23.4 Å². The van der Waals surface area contributed by atoms with Crippen LogP contribution < -0.4 is 10.1 Å². The minimum absolute atomic E-state index is 0.119. The third-order valence-corrected chi connectivity index (χ3v) is 4.28. The average molecular weight is 304 g/mol. The van der Waals surface area contributed by atoms with E-state index in [-0.39, 0.29) is 5.91 Å². The lowest BCUT2D eigenvalue weighted by atomic mass is 10.2. The number of rotatable bonds is 6. The summed E-state index contributed by atoms with van der Waals surface area (Å²) in [5.41, 5.74) is 1.59. The summed E-state index contributed by atoms with van der Waals surface area (Å²) in [6, 6.07) is 7.21. The van der Waals surface area contributed by atoms with Crippen LogP contribution in [0.15, 0.2) is 29.6 Å².